The molecule has 4 atom stereocenters. The first-order valence-electron chi connectivity index (χ1n) is 8.59. The van der Waals surface area contributed by atoms with Crippen LogP contribution >= 0.6 is 0 Å². The van der Waals surface area contributed by atoms with Crippen LogP contribution in [-0.2, 0) is 4.79 Å². The van der Waals surface area contributed by atoms with Crippen molar-refractivity contribution in [3.8, 4) is 0 Å². The number of carbonyl (C=O) groups excluding carboxylic acids is 1. The first-order valence-corrected chi connectivity index (χ1v) is 8.59. The van der Waals surface area contributed by atoms with Gasteiger partial charge in [-0.15, -0.1) is 0 Å². The molecule has 1 saturated carbocycles. The smallest absolute Gasteiger partial charge is 0.243 e. The molecule has 4 unspecified atom stereocenters. The van der Waals surface area contributed by atoms with Crippen molar-refractivity contribution in [3.05, 3.63) is 0 Å². The highest BCUT2D eigenvalue weighted by Crippen LogP contribution is 2.32. The second-order valence-electron chi connectivity index (χ2n) is 7.18. The standard InChI is InChI=1S/C17H32N2O/c1-5-15-18-17(4,6-2)16(20)19(15)11-10-14-9-7-8-13(3)12-14/h13-15,18H,5-12H2,1-4H3. The molecule has 1 saturated heterocycles. The Labute approximate surface area is 124 Å². The van der Waals surface area contributed by atoms with E-state index in [4.69, 9.17) is 0 Å². The molecule has 0 radical (unpaired) electrons. The summed E-state index contributed by atoms with van der Waals surface area (Å²) in [5.41, 5.74) is -0.333. The van der Waals surface area contributed by atoms with E-state index >= 15 is 0 Å². The van der Waals surface area contributed by atoms with Crippen LogP contribution in [0.4, 0.5) is 0 Å². The van der Waals surface area contributed by atoms with E-state index < -0.39 is 0 Å². The lowest BCUT2D eigenvalue weighted by atomic mass is 9.81. The van der Waals surface area contributed by atoms with Gasteiger partial charge in [0, 0.05) is 6.54 Å². The van der Waals surface area contributed by atoms with Gasteiger partial charge in [0.2, 0.25) is 5.91 Å². The topological polar surface area (TPSA) is 32.3 Å². The minimum atomic E-state index is -0.333. The Hall–Kier alpha value is -0.570. The maximum Gasteiger partial charge on any atom is 0.243 e. The molecule has 116 valence electrons. The van der Waals surface area contributed by atoms with Crippen molar-refractivity contribution in [2.75, 3.05) is 6.54 Å². The number of nitrogens with one attached hydrogen (secondary N) is 1. The highest BCUT2D eigenvalue weighted by atomic mass is 16.2. The van der Waals surface area contributed by atoms with Crippen molar-refractivity contribution < 1.29 is 4.79 Å². The molecule has 3 nitrogen and oxygen atoms in total. The summed E-state index contributed by atoms with van der Waals surface area (Å²) < 4.78 is 0. The number of nitrogens with zero attached hydrogens (tertiary/aromatic N) is 1. The van der Waals surface area contributed by atoms with Gasteiger partial charge in [-0.2, -0.15) is 0 Å². The molecule has 2 aliphatic rings. The van der Waals surface area contributed by atoms with Crippen LogP contribution in [0, 0.1) is 11.8 Å². The third-order valence-electron chi connectivity index (χ3n) is 5.51. The maximum absolute atomic E-state index is 12.6. The van der Waals surface area contributed by atoms with Crippen LogP contribution in [0.5, 0.6) is 0 Å². The van der Waals surface area contributed by atoms with E-state index in [2.05, 4.69) is 37.9 Å². The predicted molar refractivity (Wildman–Crippen MR) is 83.4 cm³/mol. The molecule has 1 aliphatic heterocycles. The second-order valence-corrected chi connectivity index (χ2v) is 7.18. The fraction of sp³-hybridized carbons (Fsp3) is 0.941. The van der Waals surface area contributed by atoms with Gasteiger partial charge < -0.3 is 4.90 Å². The van der Waals surface area contributed by atoms with Gasteiger partial charge in [-0.3, -0.25) is 10.1 Å². The molecule has 1 aliphatic carbocycles. The zero-order valence-electron chi connectivity index (χ0n) is 13.7. The molecule has 20 heavy (non-hydrogen) atoms. The van der Waals surface area contributed by atoms with E-state index in [0.29, 0.717) is 5.91 Å². The summed E-state index contributed by atoms with van der Waals surface area (Å²) in [6.45, 7) is 9.64. The summed E-state index contributed by atoms with van der Waals surface area (Å²) >= 11 is 0. The lowest BCUT2D eigenvalue weighted by Crippen LogP contribution is -2.43. The van der Waals surface area contributed by atoms with Crippen molar-refractivity contribution in [3.63, 3.8) is 0 Å². The number of hydrogen-bond acceptors (Lipinski definition) is 2. The molecule has 1 heterocycles. The summed E-state index contributed by atoms with van der Waals surface area (Å²) in [6.07, 6.45) is 8.80. The van der Waals surface area contributed by atoms with Gasteiger partial charge in [-0.1, -0.05) is 40.0 Å². The van der Waals surface area contributed by atoms with Crippen LogP contribution in [0.3, 0.4) is 0 Å². The van der Waals surface area contributed by atoms with Crippen molar-refractivity contribution in [2.24, 2.45) is 11.8 Å². The molecule has 2 fully saturated rings. The molecule has 0 aromatic carbocycles. The van der Waals surface area contributed by atoms with E-state index in [-0.39, 0.29) is 11.7 Å². The summed E-state index contributed by atoms with van der Waals surface area (Å²) in [5, 5.41) is 3.54. The van der Waals surface area contributed by atoms with Crippen molar-refractivity contribution in [2.45, 2.75) is 84.3 Å². The Morgan fingerprint density at radius 1 is 1.35 bits per heavy atom. The predicted octanol–water partition coefficient (Wildman–Crippen LogP) is 3.54. The number of hydrogen-bond donors (Lipinski definition) is 1. The molecule has 0 spiro atoms. The SMILES string of the molecule is CCC1NC(C)(CC)C(=O)N1CCC1CCCC(C)C1. The van der Waals surface area contributed by atoms with E-state index in [1.54, 1.807) is 0 Å². The molecule has 1 amide bonds. The zero-order valence-corrected chi connectivity index (χ0v) is 13.7. The lowest BCUT2D eigenvalue weighted by Gasteiger charge is -2.30. The minimum Gasteiger partial charge on any atom is -0.326 e. The van der Waals surface area contributed by atoms with Crippen LogP contribution in [-0.4, -0.2) is 29.1 Å². The normalized spacial score (nSPS) is 38.5. The van der Waals surface area contributed by atoms with E-state index in [1.807, 2.05) is 0 Å². The van der Waals surface area contributed by atoms with Crippen molar-refractivity contribution >= 4 is 5.91 Å². The van der Waals surface area contributed by atoms with Crippen LogP contribution in [0.2, 0.25) is 0 Å². The van der Waals surface area contributed by atoms with Gasteiger partial charge >= 0.3 is 0 Å². The Kier molecular flexibility index (Phi) is 5.11. The average Bonchev–Trinajstić information content (AvgIpc) is 2.69. The molecule has 2 rings (SSSR count). The average molecular weight is 280 g/mol. The summed E-state index contributed by atoms with van der Waals surface area (Å²) in [4.78, 5) is 14.7. The van der Waals surface area contributed by atoms with Gasteiger partial charge in [-0.25, -0.2) is 0 Å². The Morgan fingerprint density at radius 2 is 2.10 bits per heavy atom. The van der Waals surface area contributed by atoms with Gasteiger partial charge in [-0.05, 0) is 44.4 Å². The monoisotopic (exact) mass is 280 g/mol. The number of rotatable bonds is 5. The largest absolute Gasteiger partial charge is 0.326 e. The first kappa shape index (κ1) is 15.8. The summed E-state index contributed by atoms with van der Waals surface area (Å²) in [6, 6.07) is 0. The van der Waals surface area contributed by atoms with E-state index in [0.717, 1.165) is 31.2 Å². The van der Waals surface area contributed by atoms with E-state index in [9.17, 15) is 4.79 Å². The maximum atomic E-state index is 12.6. The number of amides is 1. The van der Waals surface area contributed by atoms with Crippen LogP contribution in [0.25, 0.3) is 0 Å². The fourth-order valence-corrected chi connectivity index (χ4v) is 3.94. The van der Waals surface area contributed by atoms with Gasteiger partial charge in [0.1, 0.15) is 0 Å². The molecule has 1 N–H and O–H groups in total. The third kappa shape index (κ3) is 3.19. The summed E-state index contributed by atoms with van der Waals surface area (Å²) in [7, 11) is 0. The van der Waals surface area contributed by atoms with Crippen LogP contribution in [0.1, 0.15) is 72.6 Å². The molecule has 0 aromatic rings. The fourth-order valence-electron chi connectivity index (χ4n) is 3.94. The highest BCUT2D eigenvalue weighted by Gasteiger charge is 2.45. The van der Waals surface area contributed by atoms with Crippen LogP contribution < -0.4 is 5.32 Å². The Balaban J connectivity index is 1.92. The van der Waals surface area contributed by atoms with Crippen LogP contribution in [0.15, 0.2) is 0 Å². The highest BCUT2D eigenvalue weighted by molar-refractivity contribution is 5.88. The second kappa shape index (κ2) is 6.46. The van der Waals surface area contributed by atoms with Crippen molar-refractivity contribution in [1.29, 1.82) is 0 Å². The molecule has 0 bridgehead atoms. The molecule has 0 aromatic heterocycles. The van der Waals surface area contributed by atoms with Gasteiger partial charge in [0.15, 0.2) is 0 Å². The molecular weight excluding hydrogens is 248 g/mol. The van der Waals surface area contributed by atoms with Gasteiger partial charge in [0.25, 0.3) is 0 Å². The van der Waals surface area contributed by atoms with Crippen molar-refractivity contribution in [1.82, 2.24) is 10.2 Å². The molecular formula is C17H32N2O. The van der Waals surface area contributed by atoms with E-state index in [1.165, 1.54) is 32.1 Å². The third-order valence-corrected chi connectivity index (χ3v) is 5.51. The lowest BCUT2D eigenvalue weighted by molar-refractivity contribution is -0.133. The first-order chi connectivity index (χ1) is 9.50. The minimum absolute atomic E-state index is 0.244. The molecule has 3 heteroatoms. The quantitative estimate of drug-likeness (QED) is 0.835. The Morgan fingerprint density at radius 3 is 2.70 bits per heavy atom. The number of carbonyl (C=O) groups is 1. The summed E-state index contributed by atoms with van der Waals surface area (Å²) in [5.74, 6) is 2.03. The Bertz CT molecular complexity index is 344. The van der Waals surface area contributed by atoms with Gasteiger partial charge in [0.05, 0.1) is 11.7 Å². The zero-order chi connectivity index (χ0) is 14.8.